The number of carbonyl (C=O) groups excluding carboxylic acids is 1. The fourth-order valence-corrected chi connectivity index (χ4v) is 1.48. The van der Waals surface area contributed by atoms with Crippen molar-refractivity contribution in [3.8, 4) is 0 Å². The largest absolute Gasteiger partial charge is 0.455 e. The van der Waals surface area contributed by atoms with E-state index < -0.39 is 11.7 Å². The molecule has 2 atom stereocenters. The SMILES string of the molecule is CC1(C)OC[C@@H]2CO[C@@H]1C(=O)O2. The van der Waals surface area contributed by atoms with Gasteiger partial charge in [0.25, 0.3) is 0 Å². The minimum absolute atomic E-state index is 0.212. The minimum Gasteiger partial charge on any atom is -0.455 e. The van der Waals surface area contributed by atoms with Crippen LogP contribution in [0.2, 0.25) is 0 Å². The van der Waals surface area contributed by atoms with Crippen LogP contribution in [-0.4, -0.2) is 37.0 Å². The first-order valence-corrected chi connectivity index (χ1v) is 4.05. The molecule has 0 radical (unpaired) electrons. The van der Waals surface area contributed by atoms with Crippen molar-refractivity contribution in [1.82, 2.24) is 0 Å². The van der Waals surface area contributed by atoms with E-state index in [-0.39, 0.29) is 12.1 Å². The lowest BCUT2D eigenvalue weighted by atomic mass is 10.0. The van der Waals surface area contributed by atoms with Gasteiger partial charge in [-0.05, 0) is 13.8 Å². The normalized spacial score (nSPS) is 39.0. The number of carbonyl (C=O) groups is 1. The molecule has 3 saturated heterocycles. The fourth-order valence-electron chi connectivity index (χ4n) is 1.48. The standard InChI is InChI=1S/C8H12O4/c1-8(2)6-7(9)12-5(3-10-6)4-11-8/h5-6H,3-4H2,1-2H3/t5-,6+/m0/s1. The molecular formula is C8H12O4. The summed E-state index contributed by atoms with van der Waals surface area (Å²) in [5, 5.41) is 0. The zero-order valence-corrected chi connectivity index (χ0v) is 7.20. The van der Waals surface area contributed by atoms with E-state index >= 15 is 0 Å². The van der Waals surface area contributed by atoms with E-state index in [0.29, 0.717) is 13.2 Å². The van der Waals surface area contributed by atoms with Crippen molar-refractivity contribution in [1.29, 1.82) is 0 Å². The predicted octanol–water partition coefficient (Wildman–Crippen LogP) is 0.106. The number of ether oxygens (including phenoxy) is 3. The van der Waals surface area contributed by atoms with Crippen LogP contribution < -0.4 is 0 Å². The minimum atomic E-state index is -0.559. The van der Waals surface area contributed by atoms with Gasteiger partial charge in [-0.3, -0.25) is 0 Å². The summed E-state index contributed by atoms with van der Waals surface area (Å²) in [5.74, 6) is -0.297. The van der Waals surface area contributed by atoms with Crippen LogP contribution >= 0.6 is 0 Å². The van der Waals surface area contributed by atoms with E-state index in [9.17, 15) is 4.79 Å². The summed E-state index contributed by atoms with van der Waals surface area (Å²) in [4.78, 5) is 11.3. The maximum absolute atomic E-state index is 11.3. The van der Waals surface area contributed by atoms with Gasteiger partial charge < -0.3 is 14.2 Å². The first-order valence-electron chi connectivity index (χ1n) is 4.05. The van der Waals surface area contributed by atoms with E-state index in [1.165, 1.54) is 0 Å². The Morgan fingerprint density at radius 2 is 2.17 bits per heavy atom. The van der Waals surface area contributed by atoms with Crippen molar-refractivity contribution < 1.29 is 19.0 Å². The molecule has 0 aromatic rings. The third kappa shape index (κ3) is 1.11. The summed E-state index contributed by atoms with van der Waals surface area (Å²) >= 11 is 0. The molecule has 3 heterocycles. The second kappa shape index (κ2) is 2.44. The van der Waals surface area contributed by atoms with E-state index in [4.69, 9.17) is 14.2 Å². The molecule has 4 nitrogen and oxygen atoms in total. The highest BCUT2D eigenvalue weighted by Gasteiger charge is 2.46. The predicted molar refractivity (Wildman–Crippen MR) is 39.7 cm³/mol. The first kappa shape index (κ1) is 8.01. The van der Waals surface area contributed by atoms with Gasteiger partial charge in [-0.1, -0.05) is 0 Å². The van der Waals surface area contributed by atoms with Crippen LogP contribution in [0.1, 0.15) is 13.8 Å². The zero-order chi connectivity index (χ0) is 8.77. The van der Waals surface area contributed by atoms with E-state index in [0.717, 1.165) is 0 Å². The molecule has 3 rings (SSSR count). The summed E-state index contributed by atoms with van der Waals surface area (Å²) < 4.78 is 15.9. The van der Waals surface area contributed by atoms with Gasteiger partial charge in [0.2, 0.25) is 0 Å². The van der Waals surface area contributed by atoms with Crippen LogP contribution in [0.15, 0.2) is 0 Å². The van der Waals surface area contributed by atoms with Gasteiger partial charge in [0, 0.05) is 0 Å². The molecule has 2 bridgehead atoms. The van der Waals surface area contributed by atoms with Crippen LogP contribution in [0.4, 0.5) is 0 Å². The summed E-state index contributed by atoms with van der Waals surface area (Å²) in [5.41, 5.74) is -0.553. The summed E-state index contributed by atoms with van der Waals surface area (Å²) in [6, 6.07) is 0. The average Bonchev–Trinajstić information content (AvgIpc) is 2.18. The maximum atomic E-state index is 11.3. The second-order valence-corrected chi connectivity index (χ2v) is 3.69. The van der Waals surface area contributed by atoms with E-state index in [1.807, 2.05) is 13.8 Å². The molecule has 0 aromatic carbocycles. The van der Waals surface area contributed by atoms with Crippen molar-refractivity contribution in [3.63, 3.8) is 0 Å². The van der Waals surface area contributed by atoms with Crippen LogP contribution in [0.3, 0.4) is 0 Å². The first-order chi connectivity index (χ1) is 5.59. The van der Waals surface area contributed by atoms with Crippen molar-refractivity contribution in [3.05, 3.63) is 0 Å². The molecule has 12 heavy (non-hydrogen) atoms. The Kier molecular flexibility index (Phi) is 1.63. The smallest absolute Gasteiger partial charge is 0.338 e. The second-order valence-electron chi connectivity index (χ2n) is 3.69. The van der Waals surface area contributed by atoms with Gasteiger partial charge >= 0.3 is 5.97 Å². The molecule has 3 aliphatic heterocycles. The van der Waals surface area contributed by atoms with Crippen LogP contribution in [0.5, 0.6) is 0 Å². The molecule has 0 amide bonds. The third-order valence-corrected chi connectivity index (χ3v) is 2.22. The number of hydrogen-bond acceptors (Lipinski definition) is 4. The molecule has 4 heteroatoms. The van der Waals surface area contributed by atoms with Crippen molar-refractivity contribution in [2.45, 2.75) is 31.7 Å². The Hall–Kier alpha value is -0.610. The van der Waals surface area contributed by atoms with Crippen molar-refractivity contribution >= 4 is 5.97 Å². The Labute approximate surface area is 70.8 Å². The summed E-state index contributed by atoms with van der Waals surface area (Å²) in [6.07, 6.45) is -0.772. The third-order valence-electron chi connectivity index (χ3n) is 2.22. The number of esters is 1. The average molecular weight is 172 g/mol. The highest BCUT2D eigenvalue weighted by molar-refractivity contribution is 5.77. The lowest BCUT2D eigenvalue weighted by molar-refractivity contribution is -0.184. The quantitative estimate of drug-likeness (QED) is 0.486. The Balaban J connectivity index is 2.27. The molecule has 0 aliphatic carbocycles. The summed E-state index contributed by atoms with van der Waals surface area (Å²) in [6.45, 7) is 4.58. The van der Waals surface area contributed by atoms with Gasteiger partial charge in [0.1, 0.15) is 6.10 Å². The molecule has 68 valence electrons. The molecule has 0 N–H and O–H groups in total. The van der Waals surface area contributed by atoms with Gasteiger partial charge in [0.15, 0.2) is 6.10 Å². The van der Waals surface area contributed by atoms with Gasteiger partial charge in [-0.15, -0.1) is 0 Å². The molecular weight excluding hydrogens is 160 g/mol. The monoisotopic (exact) mass is 172 g/mol. The van der Waals surface area contributed by atoms with Gasteiger partial charge in [-0.25, -0.2) is 4.79 Å². The van der Waals surface area contributed by atoms with Gasteiger partial charge in [0.05, 0.1) is 18.8 Å². The topological polar surface area (TPSA) is 44.8 Å². The Bertz CT molecular complexity index is 211. The molecule has 3 fully saturated rings. The van der Waals surface area contributed by atoms with Gasteiger partial charge in [-0.2, -0.15) is 0 Å². The highest BCUT2D eigenvalue weighted by Crippen LogP contribution is 2.27. The van der Waals surface area contributed by atoms with Crippen LogP contribution in [0, 0.1) is 0 Å². The van der Waals surface area contributed by atoms with E-state index in [1.54, 1.807) is 0 Å². The Morgan fingerprint density at radius 3 is 2.83 bits per heavy atom. The lowest BCUT2D eigenvalue weighted by Gasteiger charge is -2.29. The van der Waals surface area contributed by atoms with Crippen LogP contribution in [0.25, 0.3) is 0 Å². The van der Waals surface area contributed by atoms with Crippen LogP contribution in [-0.2, 0) is 19.0 Å². The zero-order valence-electron chi connectivity index (χ0n) is 7.20. The number of rotatable bonds is 0. The number of hydrogen-bond donors (Lipinski definition) is 0. The van der Waals surface area contributed by atoms with Crippen molar-refractivity contribution in [2.75, 3.05) is 13.2 Å². The fraction of sp³-hybridized carbons (Fsp3) is 0.875. The molecule has 0 unspecified atom stereocenters. The maximum Gasteiger partial charge on any atom is 0.338 e. The number of fused-ring (bicyclic) bond motifs is 4. The van der Waals surface area contributed by atoms with E-state index in [2.05, 4.69) is 0 Å². The Morgan fingerprint density at radius 1 is 1.42 bits per heavy atom. The summed E-state index contributed by atoms with van der Waals surface area (Å²) in [7, 11) is 0. The highest BCUT2D eigenvalue weighted by atomic mass is 16.7. The van der Waals surface area contributed by atoms with Crippen molar-refractivity contribution in [2.24, 2.45) is 0 Å². The molecule has 0 spiro atoms. The molecule has 0 saturated carbocycles. The molecule has 0 aromatic heterocycles. The lowest BCUT2D eigenvalue weighted by Crippen LogP contribution is -2.47. The molecule has 3 aliphatic rings.